The summed E-state index contributed by atoms with van der Waals surface area (Å²) in [6.07, 6.45) is 2.22. The molecular formula is C13H19NOS. The van der Waals surface area contributed by atoms with E-state index in [0.29, 0.717) is 0 Å². The Morgan fingerprint density at radius 1 is 1.38 bits per heavy atom. The van der Waals surface area contributed by atoms with Gasteiger partial charge in [0.05, 0.1) is 0 Å². The maximum absolute atomic E-state index is 11.6. The van der Waals surface area contributed by atoms with Gasteiger partial charge in [-0.15, -0.1) is 0 Å². The van der Waals surface area contributed by atoms with Crippen molar-refractivity contribution in [2.75, 3.05) is 11.1 Å². The molecule has 0 radical (unpaired) electrons. The van der Waals surface area contributed by atoms with Gasteiger partial charge in [0.25, 0.3) is 5.24 Å². The molecule has 0 heterocycles. The molecule has 0 aromatic heterocycles. The van der Waals surface area contributed by atoms with Crippen LogP contribution in [0, 0.1) is 13.8 Å². The first-order valence-corrected chi connectivity index (χ1v) is 6.63. The molecule has 2 nitrogen and oxygen atoms in total. The molecule has 1 rings (SSSR count). The van der Waals surface area contributed by atoms with E-state index in [4.69, 9.17) is 0 Å². The van der Waals surface area contributed by atoms with E-state index >= 15 is 0 Å². The van der Waals surface area contributed by atoms with Gasteiger partial charge < -0.3 is 5.32 Å². The average molecular weight is 237 g/mol. The molecule has 1 N–H and O–H groups in total. The summed E-state index contributed by atoms with van der Waals surface area (Å²) < 4.78 is 0. The zero-order valence-corrected chi connectivity index (χ0v) is 11.0. The molecule has 1 amide bonds. The molecule has 0 aliphatic carbocycles. The molecule has 16 heavy (non-hydrogen) atoms. The number of aryl methyl sites for hydroxylation is 1. The summed E-state index contributed by atoms with van der Waals surface area (Å²) in [5.74, 6) is 0.896. The Hall–Kier alpha value is -0.960. The Balaban J connectivity index is 2.53. The number of thioether (sulfide) groups is 1. The van der Waals surface area contributed by atoms with Crippen LogP contribution in [0.2, 0.25) is 0 Å². The van der Waals surface area contributed by atoms with Crippen LogP contribution in [0.15, 0.2) is 18.2 Å². The molecule has 0 spiro atoms. The topological polar surface area (TPSA) is 29.1 Å². The Labute approximate surface area is 102 Å². The minimum Gasteiger partial charge on any atom is -0.317 e. The summed E-state index contributed by atoms with van der Waals surface area (Å²) in [5, 5.41) is 2.98. The third-order valence-electron chi connectivity index (χ3n) is 2.57. The first-order valence-electron chi connectivity index (χ1n) is 5.65. The van der Waals surface area contributed by atoms with Crippen LogP contribution in [0.5, 0.6) is 0 Å². The Morgan fingerprint density at radius 2 is 2.12 bits per heavy atom. The third kappa shape index (κ3) is 3.89. The van der Waals surface area contributed by atoms with Crippen LogP contribution in [-0.2, 0) is 0 Å². The van der Waals surface area contributed by atoms with Crippen molar-refractivity contribution in [1.29, 1.82) is 0 Å². The van der Waals surface area contributed by atoms with Crippen LogP contribution < -0.4 is 5.32 Å². The van der Waals surface area contributed by atoms with E-state index in [0.717, 1.165) is 29.8 Å². The smallest absolute Gasteiger partial charge is 0.283 e. The van der Waals surface area contributed by atoms with Gasteiger partial charge in [0.2, 0.25) is 0 Å². The van der Waals surface area contributed by atoms with Crippen molar-refractivity contribution in [2.45, 2.75) is 33.6 Å². The fourth-order valence-electron chi connectivity index (χ4n) is 1.34. The lowest BCUT2D eigenvalue weighted by Gasteiger charge is -2.09. The molecule has 0 fully saturated rings. The van der Waals surface area contributed by atoms with E-state index in [2.05, 4.69) is 25.2 Å². The maximum atomic E-state index is 11.6. The van der Waals surface area contributed by atoms with E-state index in [-0.39, 0.29) is 5.24 Å². The van der Waals surface area contributed by atoms with Crippen molar-refractivity contribution in [3.8, 4) is 0 Å². The number of carbonyl (C=O) groups excluding carboxylic acids is 1. The number of unbranched alkanes of at least 4 members (excludes halogenated alkanes) is 1. The zero-order valence-electron chi connectivity index (χ0n) is 10.2. The van der Waals surface area contributed by atoms with E-state index in [1.54, 1.807) is 0 Å². The molecule has 0 saturated heterocycles. The lowest BCUT2D eigenvalue weighted by atomic mass is 10.1. The first-order chi connectivity index (χ1) is 7.65. The second-order valence-corrected chi connectivity index (χ2v) is 4.93. The van der Waals surface area contributed by atoms with Gasteiger partial charge in [-0.3, -0.25) is 4.79 Å². The molecule has 1 aromatic carbocycles. The fraction of sp³-hybridized carbons (Fsp3) is 0.462. The van der Waals surface area contributed by atoms with E-state index in [1.807, 2.05) is 19.1 Å². The minimum absolute atomic E-state index is 0.0437. The van der Waals surface area contributed by atoms with Crippen LogP contribution >= 0.6 is 11.8 Å². The first kappa shape index (κ1) is 13.1. The molecular weight excluding hydrogens is 218 g/mol. The minimum atomic E-state index is 0.0437. The Bertz CT molecular complexity index is 363. The van der Waals surface area contributed by atoms with E-state index < -0.39 is 0 Å². The summed E-state index contributed by atoms with van der Waals surface area (Å²) in [6, 6.07) is 5.96. The number of benzene rings is 1. The highest BCUT2D eigenvalue weighted by Crippen LogP contribution is 2.20. The monoisotopic (exact) mass is 237 g/mol. The molecule has 0 aliphatic heterocycles. The number of anilines is 1. The number of hydrogen-bond donors (Lipinski definition) is 1. The number of carbonyl (C=O) groups is 1. The number of nitrogens with one attached hydrogen (secondary N) is 1. The highest BCUT2D eigenvalue weighted by atomic mass is 32.2. The molecule has 3 heteroatoms. The lowest BCUT2D eigenvalue weighted by Crippen LogP contribution is -2.07. The van der Waals surface area contributed by atoms with Gasteiger partial charge in [-0.1, -0.05) is 37.2 Å². The molecule has 0 atom stereocenters. The largest absolute Gasteiger partial charge is 0.317 e. The summed E-state index contributed by atoms with van der Waals surface area (Å²) in [7, 11) is 0. The zero-order chi connectivity index (χ0) is 12.0. The molecule has 88 valence electrons. The molecule has 0 aliphatic rings. The van der Waals surface area contributed by atoms with Crippen molar-refractivity contribution in [2.24, 2.45) is 0 Å². The number of amides is 1. The van der Waals surface area contributed by atoms with Crippen LogP contribution in [0.1, 0.15) is 30.9 Å². The van der Waals surface area contributed by atoms with Gasteiger partial charge >= 0.3 is 0 Å². The van der Waals surface area contributed by atoms with Crippen molar-refractivity contribution in [1.82, 2.24) is 0 Å². The number of hydrogen-bond acceptors (Lipinski definition) is 2. The summed E-state index contributed by atoms with van der Waals surface area (Å²) in [6.45, 7) is 6.21. The van der Waals surface area contributed by atoms with Gasteiger partial charge in [-0.25, -0.2) is 0 Å². The Kier molecular flexibility index (Phi) is 5.39. The standard InChI is InChI=1S/C13H19NOS/c1-4-5-9-16-13(15)14-12-8-6-7-10(2)11(12)3/h6-8H,4-5,9H2,1-3H3,(H,14,15). The van der Waals surface area contributed by atoms with Crippen molar-refractivity contribution < 1.29 is 4.79 Å². The van der Waals surface area contributed by atoms with E-state index in [9.17, 15) is 4.79 Å². The fourth-order valence-corrected chi connectivity index (χ4v) is 2.14. The molecule has 0 unspecified atom stereocenters. The van der Waals surface area contributed by atoms with Gasteiger partial charge in [0, 0.05) is 11.4 Å². The van der Waals surface area contributed by atoms with Crippen LogP contribution in [0.4, 0.5) is 10.5 Å². The third-order valence-corrected chi connectivity index (χ3v) is 3.43. The van der Waals surface area contributed by atoms with Crippen LogP contribution in [0.25, 0.3) is 0 Å². The summed E-state index contributed by atoms with van der Waals surface area (Å²) in [5.41, 5.74) is 3.28. The summed E-state index contributed by atoms with van der Waals surface area (Å²) >= 11 is 1.36. The quantitative estimate of drug-likeness (QED) is 0.788. The van der Waals surface area contributed by atoms with Crippen molar-refractivity contribution in [3.05, 3.63) is 29.3 Å². The maximum Gasteiger partial charge on any atom is 0.283 e. The average Bonchev–Trinajstić information content (AvgIpc) is 2.25. The normalized spacial score (nSPS) is 10.2. The Morgan fingerprint density at radius 3 is 2.81 bits per heavy atom. The van der Waals surface area contributed by atoms with E-state index in [1.165, 1.54) is 17.3 Å². The van der Waals surface area contributed by atoms with Crippen molar-refractivity contribution in [3.63, 3.8) is 0 Å². The highest BCUT2D eigenvalue weighted by Gasteiger charge is 2.05. The molecule has 1 aromatic rings. The lowest BCUT2D eigenvalue weighted by molar-refractivity contribution is 0.269. The highest BCUT2D eigenvalue weighted by molar-refractivity contribution is 8.13. The molecule has 0 saturated carbocycles. The van der Waals surface area contributed by atoms with Crippen LogP contribution in [-0.4, -0.2) is 11.0 Å². The number of rotatable bonds is 4. The van der Waals surface area contributed by atoms with Crippen LogP contribution in [0.3, 0.4) is 0 Å². The SMILES string of the molecule is CCCCSC(=O)Nc1cccc(C)c1C. The summed E-state index contributed by atoms with van der Waals surface area (Å²) in [4.78, 5) is 11.6. The van der Waals surface area contributed by atoms with Crippen molar-refractivity contribution >= 4 is 22.7 Å². The van der Waals surface area contributed by atoms with Gasteiger partial charge in [0.1, 0.15) is 0 Å². The van der Waals surface area contributed by atoms with Gasteiger partial charge in [0.15, 0.2) is 0 Å². The second-order valence-electron chi connectivity index (χ2n) is 3.86. The predicted molar refractivity (Wildman–Crippen MR) is 72.3 cm³/mol. The second kappa shape index (κ2) is 6.59. The molecule has 0 bridgehead atoms. The van der Waals surface area contributed by atoms with Gasteiger partial charge in [-0.2, -0.15) is 0 Å². The van der Waals surface area contributed by atoms with Gasteiger partial charge in [-0.05, 0) is 37.5 Å². The predicted octanol–water partition coefficient (Wildman–Crippen LogP) is 4.37.